The maximum atomic E-state index is 4.56. The molecule has 0 spiro atoms. The van der Waals surface area contributed by atoms with E-state index in [1.54, 1.807) is 6.08 Å². The summed E-state index contributed by atoms with van der Waals surface area (Å²) < 4.78 is 0. The Balaban J connectivity index is 1.97. The fraction of sp³-hybridized carbons (Fsp3) is 0.160. The van der Waals surface area contributed by atoms with Crippen molar-refractivity contribution in [3.8, 4) is 0 Å². The van der Waals surface area contributed by atoms with E-state index in [-0.39, 0.29) is 0 Å². The molecule has 0 aliphatic heterocycles. The zero-order valence-electron chi connectivity index (χ0n) is 18.4. The molecule has 0 aliphatic carbocycles. The van der Waals surface area contributed by atoms with Gasteiger partial charge in [-0.25, -0.2) is 0 Å². The van der Waals surface area contributed by atoms with Crippen molar-refractivity contribution >= 4 is 29.2 Å². The van der Waals surface area contributed by atoms with Gasteiger partial charge in [-0.15, -0.1) is 0 Å². The third-order valence-electron chi connectivity index (χ3n) is 4.18. The van der Waals surface area contributed by atoms with Crippen LogP contribution in [0.4, 0.5) is 29.2 Å². The third-order valence-corrected chi connectivity index (χ3v) is 4.18. The Bertz CT molecular complexity index is 1060. The number of nitrogens with zero attached hydrogens (tertiary/aromatic N) is 3. The molecule has 0 saturated carbocycles. The van der Waals surface area contributed by atoms with Crippen LogP contribution in [0.5, 0.6) is 0 Å². The van der Waals surface area contributed by atoms with Gasteiger partial charge < -0.3 is 16.0 Å². The summed E-state index contributed by atoms with van der Waals surface area (Å²) in [5, 5.41) is 9.80. The molecular formula is C25H28N6. The van der Waals surface area contributed by atoms with E-state index in [0.717, 1.165) is 33.8 Å². The quantitative estimate of drug-likeness (QED) is 0.371. The van der Waals surface area contributed by atoms with E-state index in [2.05, 4.69) is 37.5 Å². The monoisotopic (exact) mass is 412 g/mol. The van der Waals surface area contributed by atoms with Crippen LogP contribution in [0, 0.1) is 13.8 Å². The molecule has 0 unspecified atom stereocenters. The van der Waals surface area contributed by atoms with Crippen molar-refractivity contribution in [3.63, 3.8) is 0 Å². The Labute approximate surface area is 183 Å². The van der Waals surface area contributed by atoms with Crippen LogP contribution in [0.2, 0.25) is 0 Å². The third kappa shape index (κ3) is 6.82. The van der Waals surface area contributed by atoms with Gasteiger partial charge in [0.05, 0.1) is 0 Å². The van der Waals surface area contributed by atoms with Gasteiger partial charge in [0, 0.05) is 17.1 Å². The van der Waals surface area contributed by atoms with Crippen molar-refractivity contribution in [2.24, 2.45) is 0 Å². The van der Waals surface area contributed by atoms with Gasteiger partial charge in [0.1, 0.15) is 0 Å². The summed E-state index contributed by atoms with van der Waals surface area (Å²) in [5.41, 5.74) is 6.09. The lowest BCUT2D eigenvalue weighted by Crippen LogP contribution is -2.09. The molecule has 3 rings (SSSR count). The maximum Gasteiger partial charge on any atom is 0.233 e. The molecule has 1 heterocycles. The summed E-state index contributed by atoms with van der Waals surface area (Å²) in [6, 6.07) is 16.1. The van der Waals surface area contributed by atoms with Gasteiger partial charge in [0.15, 0.2) is 0 Å². The summed E-state index contributed by atoms with van der Waals surface area (Å²) in [5.74, 6) is 1.30. The Morgan fingerprint density at radius 2 is 1.32 bits per heavy atom. The molecule has 0 fully saturated rings. The van der Waals surface area contributed by atoms with Crippen molar-refractivity contribution in [2.75, 3.05) is 16.0 Å². The van der Waals surface area contributed by atoms with Crippen molar-refractivity contribution in [2.45, 2.75) is 27.7 Å². The Morgan fingerprint density at radius 1 is 0.806 bits per heavy atom. The second-order valence-electron chi connectivity index (χ2n) is 7.50. The van der Waals surface area contributed by atoms with Crippen molar-refractivity contribution in [1.29, 1.82) is 0 Å². The fourth-order valence-corrected chi connectivity index (χ4v) is 2.94. The Kier molecular flexibility index (Phi) is 7.17. The Hall–Kier alpha value is -3.93. The molecule has 3 N–H and O–H groups in total. The zero-order valence-corrected chi connectivity index (χ0v) is 18.4. The van der Waals surface area contributed by atoms with Crippen LogP contribution >= 0.6 is 0 Å². The molecule has 158 valence electrons. The molecule has 2 aromatic carbocycles. The minimum absolute atomic E-state index is 0.422. The molecule has 0 saturated heterocycles. The average molecular weight is 413 g/mol. The first kappa shape index (κ1) is 21.8. The van der Waals surface area contributed by atoms with Gasteiger partial charge in [0.2, 0.25) is 17.8 Å². The van der Waals surface area contributed by atoms with Crippen molar-refractivity contribution < 1.29 is 0 Å². The number of hydrogen-bond donors (Lipinski definition) is 3. The number of allylic oxidation sites excluding steroid dienone is 4. The van der Waals surface area contributed by atoms with Gasteiger partial charge >= 0.3 is 0 Å². The minimum Gasteiger partial charge on any atom is -0.324 e. The number of rotatable bonds is 8. The molecule has 1 aromatic heterocycles. The van der Waals surface area contributed by atoms with E-state index < -0.39 is 0 Å². The molecule has 6 nitrogen and oxygen atoms in total. The molecule has 0 amide bonds. The number of hydrogen-bond acceptors (Lipinski definition) is 6. The summed E-state index contributed by atoms with van der Waals surface area (Å²) in [6.45, 7) is 11.9. The molecule has 0 atom stereocenters. The van der Waals surface area contributed by atoms with Crippen molar-refractivity contribution in [3.05, 3.63) is 95.7 Å². The largest absolute Gasteiger partial charge is 0.324 e. The van der Waals surface area contributed by atoms with Crippen molar-refractivity contribution in [1.82, 2.24) is 15.0 Å². The number of aromatic nitrogens is 3. The van der Waals surface area contributed by atoms with Crippen LogP contribution in [0.3, 0.4) is 0 Å². The number of benzene rings is 2. The fourth-order valence-electron chi connectivity index (χ4n) is 2.94. The summed E-state index contributed by atoms with van der Waals surface area (Å²) >= 11 is 0. The highest BCUT2D eigenvalue weighted by atomic mass is 15.3. The first-order valence-corrected chi connectivity index (χ1v) is 10.1. The van der Waals surface area contributed by atoms with E-state index in [0.29, 0.717) is 17.8 Å². The lowest BCUT2D eigenvalue weighted by molar-refractivity contribution is 1.06. The van der Waals surface area contributed by atoms with E-state index in [1.165, 1.54) is 0 Å². The summed E-state index contributed by atoms with van der Waals surface area (Å²) in [4.78, 5) is 13.7. The molecule has 0 bridgehead atoms. The predicted molar refractivity (Wildman–Crippen MR) is 130 cm³/mol. The minimum atomic E-state index is 0.422. The molecule has 0 radical (unpaired) electrons. The highest BCUT2D eigenvalue weighted by Crippen LogP contribution is 2.21. The Morgan fingerprint density at radius 3 is 1.77 bits per heavy atom. The van der Waals surface area contributed by atoms with Gasteiger partial charge in [0.25, 0.3) is 0 Å². The maximum absolute atomic E-state index is 4.56. The first-order valence-electron chi connectivity index (χ1n) is 10.1. The summed E-state index contributed by atoms with van der Waals surface area (Å²) in [7, 11) is 0. The van der Waals surface area contributed by atoms with Gasteiger partial charge in [-0.05, 0) is 75.2 Å². The number of anilines is 5. The van der Waals surface area contributed by atoms with Gasteiger partial charge in [-0.1, -0.05) is 42.5 Å². The second-order valence-corrected chi connectivity index (χ2v) is 7.50. The molecule has 31 heavy (non-hydrogen) atoms. The van der Waals surface area contributed by atoms with Gasteiger partial charge in [-0.2, -0.15) is 15.0 Å². The van der Waals surface area contributed by atoms with Crippen LogP contribution in [0.15, 0.2) is 84.6 Å². The van der Waals surface area contributed by atoms with Crippen LogP contribution in [0.1, 0.15) is 25.0 Å². The first-order chi connectivity index (χ1) is 14.9. The van der Waals surface area contributed by atoms with Gasteiger partial charge in [-0.3, -0.25) is 0 Å². The molecule has 6 heteroatoms. The summed E-state index contributed by atoms with van der Waals surface area (Å²) in [6.07, 6.45) is 5.60. The standard InChI is InChI=1S/C25H28N6/c1-6-9-20(14-17(2)3)26-23-29-24(27-21-12-7-10-18(4)15-21)31-25(30-23)28-22-13-8-11-19(5)16-22/h6-16H,1H2,2-5H3,(H3,26,27,28,29,30,31)/b20-9+. The second kappa shape index (κ2) is 10.2. The SMILES string of the molecule is C=C/C=C(\C=C(C)C)Nc1nc(Nc2cccc(C)c2)nc(Nc2cccc(C)c2)n1. The lowest BCUT2D eigenvalue weighted by Gasteiger charge is -2.12. The molecule has 3 aromatic rings. The van der Waals surface area contributed by atoms with Crippen LogP contribution in [-0.2, 0) is 0 Å². The highest BCUT2D eigenvalue weighted by molar-refractivity contribution is 5.60. The molecular weight excluding hydrogens is 384 g/mol. The number of aryl methyl sites for hydroxylation is 2. The molecule has 0 aliphatic rings. The average Bonchev–Trinajstić information content (AvgIpc) is 2.67. The predicted octanol–water partition coefficient (Wildman–Crippen LogP) is 6.42. The lowest BCUT2D eigenvalue weighted by atomic mass is 10.2. The topological polar surface area (TPSA) is 74.8 Å². The zero-order chi connectivity index (χ0) is 22.2. The normalized spacial score (nSPS) is 10.9. The van der Waals surface area contributed by atoms with Crippen LogP contribution in [-0.4, -0.2) is 15.0 Å². The van der Waals surface area contributed by atoms with Crippen LogP contribution in [0.25, 0.3) is 0 Å². The van der Waals surface area contributed by atoms with E-state index in [9.17, 15) is 0 Å². The number of nitrogens with one attached hydrogen (secondary N) is 3. The van der Waals surface area contributed by atoms with Crippen LogP contribution < -0.4 is 16.0 Å². The van der Waals surface area contributed by atoms with E-state index >= 15 is 0 Å². The van der Waals surface area contributed by atoms with E-state index in [4.69, 9.17) is 0 Å². The van der Waals surface area contributed by atoms with E-state index in [1.807, 2.05) is 88.4 Å². The highest BCUT2D eigenvalue weighted by Gasteiger charge is 2.09. The smallest absolute Gasteiger partial charge is 0.233 e.